The number of aromatic nitrogens is 2. The molecule has 0 bridgehead atoms. The Morgan fingerprint density at radius 3 is 2.75 bits per heavy atom. The van der Waals surface area contributed by atoms with Crippen molar-refractivity contribution in [1.29, 1.82) is 0 Å². The van der Waals surface area contributed by atoms with E-state index in [1.807, 2.05) is 11.7 Å². The highest BCUT2D eigenvalue weighted by Gasteiger charge is 2.09. The van der Waals surface area contributed by atoms with Gasteiger partial charge in [0.25, 0.3) is 0 Å². The fourth-order valence-electron chi connectivity index (χ4n) is 1.05. The highest BCUT2D eigenvalue weighted by atomic mass is 35.5. The first-order valence-electron chi connectivity index (χ1n) is 4.03. The maximum absolute atomic E-state index is 6.06. The Kier molecular flexibility index (Phi) is 3.12. The minimum Gasteiger partial charge on any atom is -0.316 e. The zero-order valence-electron chi connectivity index (χ0n) is 7.63. The second kappa shape index (κ2) is 3.92. The van der Waals surface area contributed by atoms with Gasteiger partial charge in [-0.1, -0.05) is 11.6 Å². The van der Waals surface area contributed by atoms with Crippen LogP contribution in [0.3, 0.4) is 0 Å². The van der Waals surface area contributed by atoms with E-state index in [0.717, 1.165) is 17.3 Å². The highest BCUT2D eigenvalue weighted by molar-refractivity contribution is 6.30. The summed E-state index contributed by atoms with van der Waals surface area (Å²) in [6.45, 7) is 4.88. The van der Waals surface area contributed by atoms with Crippen LogP contribution in [0, 0.1) is 0 Å². The molecule has 1 heterocycles. The van der Waals surface area contributed by atoms with Gasteiger partial charge in [-0.25, -0.2) is 0 Å². The standard InChI is InChI=1S/C8H14ClN3/c1-6(2)12-8(9)7(4-10-3)5-11-12/h5-6,10H,4H2,1-3H3. The van der Waals surface area contributed by atoms with Crippen molar-refractivity contribution in [3.05, 3.63) is 16.9 Å². The lowest BCUT2D eigenvalue weighted by atomic mass is 10.3. The van der Waals surface area contributed by atoms with E-state index in [0.29, 0.717) is 6.04 Å². The van der Waals surface area contributed by atoms with Crippen LogP contribution in [0.1, 0.15) is 25.5 Å². The van der Waals surface area contributed by atoms with E-state index in [9.17, 15) is 0 Å². The molecule has 1 aromatic heterocycles. The Balaban J connectivity index is 2.88. The van der Waals surface area contributed by atoms with E-state index in [-0.39, 0.29) is 0 Å². The average molecular weight is 188 g/mol. The molecule has 1 aromatic rings. The van der Waals surface area contributed by atoms with Crippen LogP contribution in [-0.4, -0.2) is 16.8 Å². The molecule has 1 rings (SSSR count). The molecule has 0 aliphatic heterocycles. The summed E-state index contributed by atoms with van der Waals surface area (Å²) in [6.07, 6.45) is 1.80. The van der Waals surface area contributed by atoms with Crippen LogP contribution in [0.2, 0.25) is 5.15 Å². The zero-order valence-corrected chi connectivity index (χ0v) is 8.39. The van der Waals surface area contributed by atoms with Gasteiger partial charge in [0, 0.05) is 18.2 Å². The number of nitrogens with one attached hydrogen (secondary N) is 1. The number of hydrogen-bond donors (Lipinski definition) is 1. The van der Waals surface area contributed by atoms with Crippen molar-refractivity contribution in [2.24, 2.45) is 0 Å². The molecule has 0 unspecified atom stereocenters. The summed E-state index contributed by atoms with van der Waals surface area (Å²) < 4.78 is 1.81. The number of hydrogen-bond acceptors (Lipinski definition) is 2. The van der Waals surface area contributed by atoms with Gasteiger partial charge in [0.2, 0.25) is 0 Å². The second-order valence-electron chi connectivity index (χ2n) is 3.03. The van der Waals surface area contributed by atoms with Gasteiger partial charge in [0.15, 0.2) is 0 Å². The molecule has 0 saturated carbocycles. The first-order valence-corrected chi connectivity index (χ1v) is 4.41. The van der Waals surface area contributed by atoms with Crippen molar-refractivity contribution in [3.63, 3.8) is 0 Å². The molecule has 0 aliphatic rings. The Hall–Kier alpha value is -0.540. The first-order chi connectivity index (χ1) is 5.66. The summed E-state index contributed by atoms with van der Waals surface area (Å²) >= 11 is 6.06. The lowest BCUT2D eigenvalue weighted by Crippen LogP contribution is -2.06. The van der Waals surface area contributed by atoms with Crippen molar-refractivity contribution >= 4 is 11.6 Å². The maximum Gasteiger partial charge on any atom is 0.131 e. The van der Waals surface area contributed by atoms with Gasteiger partial charge in [0.05, 0.1) is 6.20 Å². The van der Waals surface area contributed by atoms with Gasteiger partial charge in [-0.3, -0.25) is 4.68 Å². The van der Waals surface area contributed by atoms with Crippen molar-refractivity contribution < 1.29 is 0 Å². The van der Waals surface area contributed by atoms with Gasteiger partial charge in [-0.15, -0.1) is 0 Å². The molecule has 0 atom stereocenters. The molecule has 0 spiro atoms. The molecule has 0 saturated heterocycles. The molecule has 68 valence electrons. The Bertz CT molecular complexity index is 255. The summed E-state index contributed by atoms with van der Waals surface area (Å²) in [5.41, 5.74) is 1.05. The Morgan fingerprint density at radius 2 is 2.33 bits per heavy atom. The van der Waals surface area contributed by atoms with Crippen molar-refractivity contribution in [2.45, 2.75) is 26.4 Å². The fraction of sp³-hybridized carbons (Fsp3) is 0.625. The third-order valence-electron chi connectivity index (χ3n) is 1.66. The fourth-order valence-corrected chi connectivity index (χ4v) is 1.41. The molecule has 0 amide bonds. The van der Waals surface area contributed by atoms with Gasteiger partial charge in [-0.05, 0) is 20.9 Å². The number of nitrogens with zero attached hydrogens (tertiary/aromatic N) is 2. The lowest BCUT2D eigenvalue weighted by molar-refractivity contribution is 0.532. The zero-order chi connectivity index (χ0) is 9.14. The van der Waals surface area contributed by atoms with E-state index >= 15 is 0 Å². The van der Waals surface area contributed by atoms with Gasteiger partial charge >= 0.3 is 0 Å². The van der Waals surface area contributed by atoms with Crippen LogP contribution in [0.25, 0.3) is 0 Å². The third-order valence-corrected chi connectivity index (χ3v) is 2.08. The predicted molar refractivity (Wildman–Crippen MR) is 50.4 cm³/mol. The minimum absolute atomic E-state index is 0.322. The van der Waals surface area contributed by atoms with Gasteiger partial charge < -0.3 is 5.32 Å². The Morgan fingerprint density at radius 1 is 1.67 bits per heavy atom. The van der Waals surface area contributed by atoms with E-state index in [2.05, 4.69) is 24.3 Å². The second-order valence-corrected chi connectivity index (χ2v) is 3.39. The quantitative estimate of drug-likeness (QED) is 0.783. The van der Waals surface area contributed by atoms with Gasteiger partial charge in [0.1, 0.15) is 5.15 Å². The van der Waals surface area contributed by atoms with Crippen LogP contribution in [0.15, 0.2) is 6.20 Å². The molecule has 3 nitrogen and oxygen atoms in total. The van der Waals surface area contributed by atoms with Gasteiger partial charge in [-0.2, -0.15) is 5.10 Å². The van der Waals surface area contributed by atoms with Crippen LogP contribution in [-0.2, 0) is 6.54 Å². The summed E-state index contributed by atoms with van der Waals surface area (Å²) in [5.74, 6) is 0. The van der Waals surface area contributed by atoms with Crippen molar-refractivity contribution in [2.75, 3.05) is 7.05 Å². The average Bonchev–Trinajstić information content (AvgIpc) is 2.34. The highest BCUT2D eigenvalue weighted by Crippen LogP contribution is 2.18. The van der Waals surface area contributed by atoms with Crippen LogP contribution in [0.4, 0.5) is 0 Å². The molecule has 0 aliphatic carbocycles. The molecule has 0 aromatic carbocycles. The molecule has 0 radical (unpaired) electrons. The van der Waals surface area contributed by atoms with E-state index < -0.39 is 0 Å². The largest absolute Gasteiger partial charge is 0.316 e. The smallest absolute Gasteiger partial charge is 0.131 e. The van der Waals surface area contributed by atoms with E-state index in [1.54, 1.807) is 6.20 Å². The summed E-state index contributed by atoms with van der Waals surface area (Å²) in [5, 5.41) is 7.95. The molecule has 12 heavy (non-hydrogen) atoms. The third kappa shape index (κ3) is 1.79. The molecule has 0 fully saturated rings. The molecule has 4 heteroatoms. The normalized spacial score (nSPS) is 11.1. The summed E-state index contributed by atoms with van der Waals surface area (Å²) in [7, 11) is 1.89. The van der Waals surface area contributed by atoms with Crippen LogP contribution < -0.4 is 5.32 Å². The summed E-state index contributed by atoms with van der Waals surface area (Å²) in [6, 6.07) is 0.322. The lowest BCUT2D eigenvalue weighted by Gasteiger charge is -2.06. The molecule has 1 N–H and O–H groups in total. The predicted octanol–water partition coefficient (Wildman–Crippen LogP) is 1.84. The maximum atomic E-state index is 6.06. The van der Waals surface area contributed by atoms with E-state index in [1.165, 1.54) is 0 Å². The SMILES string of the molecule is CNCc1cnn(C(C)C)c1Cl. The Labute approximate surface area is 77.7 Å². The van der Waals surface area contributed by atoms with Crippen LogP contribution in [0.5, 0.6) is 0 Å². The van der Waals surface area contributed by atoms with E-state index in [4.69, 9.17) is 11.6 Å². The molecular weight excluding hydrogens is 174 g/mol. The van der Waals surface area contributed by atoms with Crippen molar-refractivity contribution in [3.8, 4) is 0 Å². The number of halogens is 1. The number of rotatable bonds is 3. The van der Waals surface area contributed by atoms with Crippen molar-refractivity contribution in [1.82, 2.24) is 15.1 Å². The first kappa shape index (κ1) is 9.55. The monoisotopic (exact) mass is 187 g/mol. The minimum atomic E-state index is 0.322. The van der Waals surface area contributed by atoms with Crippen LogP contribution >= 0.6 is 11.6 Å². The topological polar surface area (TPSA) is 29.9 Å². The summed E-state index contributed by atoms with van der Waals surface area (Å²) in [4.78, 5) is 0. The molecular formula is C8H14ClN3.